The molecule has 0 spiro atoms. The van der Waals surface area contributed by atoms with E-state index in [2.05, 4.69) is 0 Å². The van der Waals surface area contributed by atoms with Gasteiger partial charge in [-0.2, -0.15) is 0 Å². The van der Waals surface area contributed by atoms with Crippen molar-refractivity contribution in [3.05, 3.63) is 41.2 Å². The lowest BCUT2D eigenvalue weighted by molar-refractivity contribution is -0.130. The Hall–Kier alpha value is -2.71. The molecule has 3 atom stereocenters. The SMILES string of the molecule is COc1cc(O)c2c(c1)/C=C/C[C@@H](O)[C@@H](O)C(=O)/C(F)=C\C[C@H](C)OC2=O. The van der Waals surface area contributed by atoms with Gasteiger partial charge in [0.1, 0.15) is 29.3 Å². The van der Waals surface area contributed by atoms with Crippen LogP contribution < -0.4 is 4.74 Å². The number of aliphatic hydroxyl groups excluding tert-OH is 2. The van der Waals surface area contributed by atoms with Gasteiger partial charge in [-0.3, -0.25) is 4.79 Å². The molecule has 0 aromatic heterocycles. The van der Waals surface area contributed by atoms with Gasteiger partial charge in [0.2, 0.25) is 5.78 Å². The molecular formula is C19H21FO7. The number of phenols is 1. The van der Waals surface area contributed by atoms with Crippen LogP contribution in [0.1, 0.15) is 35.7 Å². The topological polar surface area (TPSA) is 113 Å². The maximum Gasteiger partial charge on any atom is 0.342 e. The molecule has 0 bridgehead atoms. The number of hydrogen-bond donors (Lipinski definition) is 3. The smallest absolute Gasteiger partial charge is 0.342 e. The van der Waals surface area contributed by atoms with E-state index in [1.807, 2.05) is 0 Å². The van der Waals surface area contributed by atoms with Gasteiger partial charge in [0.15, 0.2) is 5.83 Å². The number of Topliss-reactive ketones (excluding diaryl/α,β-unsaturated/α-hetero) is 1. The Morgan fingerprint density at radius 2 is 1.93 bits per heavy atom. The number of methoxy groups -OCH3 is 1. The van der Waals surface area contributed by atoms with Crippen molar-refractivity contribution in [1.82, 2.24) is 0 Å². The number of cyclic esters (lactones) is 1. The molecule has 1 aliphatic heterocycles. The lowest BCUT2D eigenvalue weighted by Gasteiger charge is -2.17. The molecule has 1 aliphatic rings. The second-order valence-corrected chi connectivity index (χ2v) is 6.13. The summed E-state index contributed by atoms with van der Waals surface area (Å²) in [5.41, 5.74) is 0.141. The Bertz CT molecular complexity index is 785. The molecule has 1 aromatic carbocycles. The van der Waals surface area contributed by atoms with E-state index in [1.54, 1.807) is 0 Å². The summed E-state index contributed by atoms with van der Waals surface area (Å²) in [5.74, 6) is -3.38. The number of ketones is 1. The van der Waals surface area contributed by atoms with Crippen molar-refractivity contribution in [2.24, 2.45) is 0 Å². The van der Waals surface area contributed by atoms with Gasteiger partial charge in [-0.1, -0.05) is 12.2 Å². The fraction of sp³-hybridized carbons (Fsp3) is 0.368. The second kappa shape index (κ2) is 8.79. The summed E-state index contributed by atoms with van der Waals surface area (Å²) in [7, 11) is 1.39. The van der Waals surface area contributed by atoms with Crippen LogP contribution in [0.3, 0.4) is 0 Å². The molecule has 0 amide bonds. The number of aliphatic hydroxyl groups is 2. The van der Waals surface area contributed by atoms with Crippen LogP contribution in [-0.4, -0.2) is 52.5 Å². The summed E-state index contributed by atoms with van der Waals surface area (Å²) in [6.07, 6.45) is -0.929. The third-order valence-corrected chi connectivity index (χ3v) is 4.04. The maximum absolute atomic E-state index is 13.9. The Balaban J connectivity index is 2.48. The quantitative estimate of drug-likeness (QED) is 0.638. The van der Waals surface area contributed by atoms with E-state index < -0.39 is 35.9 Å². The zero-order valence-corrected chi connectivity index (χ0v) is 14.9. The summed E-state index contributed by atoms with van der Waals surface area (Å²) >= 11 is 0. The average molecular weight is 380 g/mol. The Kier molecular flexibility index (Phi) is 6.70. The summed E-state index contributed by atoms with van der Waals surface area (Å²) < 4.78 is 24.1. The summed E-state index contributed by atoms with van der Waals surface area (Å²) in [5, 5.41) is 29.9. The normalized spacial score (nSPS) is 27.6. The van der Waals surface area contributed by atoms with Gasteiger partial charge in [0.05, 0.1) is 13.2 Å². The van der Waals surface area contributed by atoms with E-state index in [1.165, 1.54) is 38.3 Å². The van der Waals surface area contributed by atoms with Gasteiger partial charge < -0.3 is 24.8 Å². The van der Waals surface area contributed by atoms with E-state index in [0.717, 1.165) is 6.08 Å². The third-order valence-electron chi connectivity index (χ3n) is 4.04. The van der Waals surface area contributed by atoms with E-state index in [9.17, 15) is 29.3 Å². The predicted molar refractivity (Wildman–Crippen MR) is 94.0 cm³/mol. The van der Waals surface area contributed by atoms with Crippen molar-refractivity contribution in [3.63, 3.8) is 0 Å². The number of rotatable bonds is 1. The number of aromatic hydroxyl groups is 1. The maximum atomic E-state index is 13.9. The minimum Gasteiger partial charge on any atom is -0.507 e. The first kappa shape index (κ1) is 20.6. The highest BCUT2D eigenvalue weighted by atomic mass is 19.1. The average Bonchev–Trinajstić information content (AvgIpc) is 2.63. The van der Waals surface area contributed by atoms with Crippen molar-refractivity contribution < 1.29 is 38.8 Å². The Labute approximate surface area is 155 Å². The number of carbonyl (C=O) groups is 2. The molecule has 146 valence electrons. The molecule has 2 rings (SSSR count). The number of esters is 1. The van der Waals surface area contributed by atoms with E-state index in [-0.39, 0.29) is 29.7 Å². The molecule has 3 N–H and O–H groups in total. The van der Waals surface area contributed by atoms with Crippen LogP contribution in [0.5, 0.6) is 11.5 Å². The fourth-order valence-corrected chi connectivity index (χ4v) is 2.53. The predicted octanol–water partition coefficient (Wildman–Crippen LogP) is 1.90. The van der Waals surface area contributed by atoms with Gasteiger partial charge in [-0.05, 0) is 31.1 Å². The Morgan fingerprint density at radius 3 is 2.59 bits per heavy atom. The number of ether oxygens (including phenoxy) is 2. The lowest BCUT2D eigenvalue weighted by Crippen LogP contribution is -2.34. The molecule has 27 heavy (non-hydrogen) atoms. The fourth-order valence-electron chi connectivity index (χ4n) is 2.53. The van der Waals surface area contributed by atoms with Gasteiger partial charge in [-0.15, -0.1) is 0 Å². The molecule has 0 saturated heterocycles. The molecule has 0 aliphatic carbocycles. The number of benzene rings is 1. The van der Waals surface area contributed by atoms with Crippen molar-refractivity contribution in [2.75, 3.05) is 7.11 Å². The number of halogens is 1. The van der Waals surface area contributed by atoms with Crippen LogP contribution in [0.25, 0.3) is 6.08 Å². The highest BCUT2D eigenvalue weighted by Crippen LogP contribution is 2.30. The minimum absolute atomic E-state index is 0.119. The first-order valence-electron chi connectivity index (χ1n) is 8.29. The van der Waals surface area contributed by atoms with Crippen LogP contribution in [0.4, 0.5) is 4.39 Å². The van der Waals surface area contributed by atoms with E-state index >= 15 is 0 Å². The van der Waals surface area contributed by atoms with Crippen LogP contribution in [-0.2, 0) is 9.53 Å². The molecule has 0 saturated carbocycles. The van der Waals surface area contributed by atoms with Crippen LogP contribution >= 0.6 is 0 Å². The number of hydrogen-bond acceptors (Lipinski definition) is 7. The zero-order valence-electron chi connectivity index (χ0n) is 14.9. The zero-order chi connectivity index (χ0) is 20.1. The van der Waals surface area contributed by atoms with Crippen LogP contribution in [0.15, 0.2) is 30.1 Å². The first-order valence-corrected chi connectivity index (χ1v) is 8.29. The van der Waals surface area contributed by atoms with Crippen molar-refractivity contribution >= 4 is 17.8 Å². The highest BCUT2D eigenvalue weighted by molar-refractivity contribution is 5.98. The molecule has 0 radical (unpaired) electrons. The Morgan fingerprint density at radius 1 is 1.22 bits per heavy atom. The molecule has 0 fully saturated rings. The van der Waals surface area contributed by atoms with Gasteiger partial charge in [0.25, 0.3) is 0 Å². The lowest BCUT2D eigenvalue weighted by atomic mass is 10.0. The summed E-state index contributed by atoms with van der Waals surface area (Å²) in [6.45, 7) is 1.49. The standard InChI is InChI=1S/C19H21FO7/c1-10-6-7-13(20)17(23)18(24)14(21)5-3-4-11-8-12(26-2)9-15(22)16(11)19(25)27-10/h3-4,7-10,14,18,21-22,24H,5-6H2,1-2H3/b4-3+,13-7+/t10-,14+,18+/m0/s1. The van der Waals surface area contributed by atoms with E-state index in [0.29, 0.717) is 5.75 Å². The summed E-state index contributed by atoms with van der Waals surface area (Å²) in [6, 6.07) is 2.73. The molecule has 1 heterocycles. The molecule has 7 nitrogen and oxygen atoms in total. The largest absolute Gasteiger partial charge is 0.507 e. The minimum atomic E-state index is -1.93. The number of phenolic OH excluding ortho intramolecular Hbond substituents is 1. The summed E-state index contributed by atoms with van der Waals surface area (Å²) in [4.78, 5) is 24.2. The number of fused-ring (bicyclic) bond motifs is 1. The van der Waals surface area contributed by atoms with Crippen molar-refractivity contribution in [3.8, 4) is 11.5 Å². The number of carbonyl (C=O) groups excluding carboxylic acids is 2. The highest BCUT2D eigenvalue weighted by Gasteiger charge is 2.27. The van der Waals surface area contributed by atoms with Crippen molar-refractivity contribution in [1.29, 1.82) is 0 Å². The molecule has 8 heteroatoms. The van der Waals surface area contributed by atoms with Crippen LogP contribution in [0, 0.1) is 0 Å². The van der Waals surface area contributed by atoms with Gasteiger partial charge in [-0.25, -0.2) is 9.18 Å². The second-order valence-electron chi connectivity index (χ2n) is 6.13. The molecular weight excluding hydrogens is 359 g/mol. The molecule has 0 unspecified atom stereocenters. The monoisotopic (exact) mass is 380 g/mol. The molecule has 1 aromatic rings. The van der Waals surface area contributed by atoms with Crippen LogP contribution in [0.2, 0.25) is 0 Å². The van der Waals surface area contributed by atoms with E-state index in [4.69, 9.17) is 9.47 Å². The van der Waals surface area contributed by atoms with Crippen molar-refractivity contribution in [2.45, 2.75) is 38.1 Å². The van der Waals surface area contributed by atoms with Gasteiger partial charge >= 0.3 is 5.97 Å². The third kappa shape index (κ3) is 4.93. The first-order chi connectivity index (χ1) is 12.7. The van der Waals surface area contributed by atoms with Gasteiger partial charge in [0, 0.05) is 12.5 Å².